The van der Waals surface area contributed by atoms with Gasteiger partial charge in [-0.05, 0) is 31.0 Å². The zero-order chi connectivity index (χ0) is 12.7. The minimum absolute atomic E-state index is 0.934. The van der Waals surface area contributed by atoms with Crippen LogP contribution < -0.4 is 0 Å². The molecule has 3 heterocycles. The Morgan fingerprint density at radius 3 is 2.94 bits per heavy atom. The predicted molar refractivity (Wildman–Crippen MR) is 72.4 cm³/mol. The Hall–Kier alpha value is -2.10. The maximum absolute atomic E-state index is 4.51. The van der Waals surface area contributed by atoms with Crippen LogP contribution >= 0.6 is 0 Å². The molecule has 3 rings (SSSR count). The molecule has 0 spiro atoms. The van der Waals surface area contributed by atoms with Crippen LogP contribution in [0.1, 0.15) is 18.2 Å². The van der Waals surface area contributed by atoms with Gasteiger partial charge in [0.05, 0.1) is 11.4 Å². The van der Waals surface area contributed by atoms with Crippen LogP contribution in [0.15, 0.2) is 24.5 Å². The van der Waals surface area contributed by atoms with Crippen LogP contribution in [-0.4, -0.2) is 19.7 Å². The lowest BCUT2D eigenvalue weighted by Gasteiger charge is -2.04. The van der Waals surface area contributed by atoms with E-state index in [0.29, 0.717) is 0 Å². The molecule has 4 nitrogen and oxygen atoms in total. The van der Waals surface area contributed by atoms with E-state index in [4.69, 9.17) is 0 Å². The third kappa shape index (κ3) is 1.53. The van der Waals surface area contributed by atoms with Gasteiger partial charge in [0.15, 0.2) is 0 Å². The van der Waals surface area contributed by atoms with Gasteiger partial charge in [-0.1, -0.05) is 6.92 Å². The maximum Gasteiger partial charge on any atom is 0.138 e. The molecule has 0 aliphatic rings. The first kappa shape index (κ1) is 11.0. The Labute approximate surface area is 106 Å². The molecule has 0 aliphatic heterocycles. The van der Waals surface area contributed by atoms with Gasteiger partial charge in [0.25, 0.3) is 0 Å². The molecule has 18 heavy (non-hydrogen) atoms. The Bertz CT molecular complexity index is 706. The molecule has 0 aliphatic carbocycles. The number of aromatic amines is 1. The molecule has 92 valence electrons. The lowest BCUT2D eigenvalue weighted by molar-refractivity contribution is 0.753. The highest BCUT2D eigenvalue weighted by atomic mass is 15.3. The van der Waals surface area contributed by atoms with Crippen LogP contribution in [0.3, 0.4) is 0 Å². The van der Waals surface area contributed by atoms with E-state index in [1.807, 2.05) is 24.1 Å². The van der Waals surface area contributed by atoms with Gasteiger partial charge in [0.1, 0.15) is 5.65 Å². The molecule has 3 aromatic heterocycles. The first-order valence-electron chi connectivity index (χ1n) is 6.16. The molecule has 0 atom stereocenters. The number of aromatic nitrogens is 4. The summed E-state index contributed by atoms with van der Waals surface area (Å²) in [4.78, 5) is 7.56. The Kier molecular flexibility index (Phi) is 2.44. The lowest BCUT2D eigenvalue weighted by Crippen LogP contribution is -1.95. The summed E-state index contributed by atoms with van der Waals surface area (Å²) in [5.41, 5.74) is 5.60. The summed E-state index contributed by atoms with van der Waals surface area (Å²) in [5.74, 6) is 0. The van der Waals surface area contributed by atoms with E-state index >= 15 is 0 Å². The monoisotopic (exact) mass is 240 g/mol. The van der Waals surface area contributed by atoms with Crippen molar-refractivity contribution in [2.24, 2.45) is 7.05 Å². The van der Waals surface area contributed by atoms with Crippen molar-refractivity contribution in [3.63, 3.8) is 0 Å². The minimum Gasteiger partial charge on any atom is -0.346 e. The van der Waals surface area contributed by atoms with E-state index in [2.05, 4.69) is 41.0 Å². The molecule has 1 N–H and O–H groups in total. The fraction of sp³-hybridized carbons (Fsp3) is 0.286. The second kappa shape index (κ2) is 3.98. The van der Waals surface area contributed by atoms with E-state index in [-0.39, 0.29) is 0 Å². The number of aryl methyl sites for hydroxylation is 3. The van der Waals surface area contributed by atoms with Gasteiger partial charge in [-0.2, -0.15) is 5.10 Å². The van der Waals surface area contributed by atoms with E-state index in [1.165, 1.54) is 16.5 Å². The lowest BCUT2D eigenvalue weighted by atomic mass is 10.1. The Morgan fingerprint density at radius 1 is 1.39 bits per heavy atom. The number of hydrogen-bond acceptors (Lipinski definition) is 2. The number of nitrogens with one attached hydrogen (secondary N) is 1. The fourth-order valence-electron chi connectivity index (χ4n) is 2.38. The van der Waals surface area contributed by atoms with Gasteiger partial charge in [-0.25, -0.2) is 4.98 Å². The smallest absolute Gasteiger partial charge is 0.138 e. The SMILES string of the molecule is CCc1cc(-c2ccnc3[nH]cc(C)c23)n(C)n1. The predicted octanol–water partition coefficient (Wildman–Crippen LogP) is 2.83. The molecule has 0 fully saturated rings. The standard InChI is InChI=1S/C14H16N4/c1-4-10-7-12(18(3)17-10)11-5-6-15-14-13(11)9(2)8-16-14/h5-8H,4H2,1-3H3,(H,15,16). The summed E-state index contributed by atoms with van der Waals surface area (Å²) in [6.07, 6.45) is 4.79. The Morgan fingerprint density at radius 2 is 2.22 bits per heavy atom. The number of rotatable bonds is 2. The van der Waals surface area contributed by atoms with Crippen LogP contribution in [0.2, 0.25) is 0 Å². The number of pyridine rings is 1. The molecule has 3 aromatic rings. The molecular formula is C14H16N4. The highest BCUT2D eigenvalue weighted by Crippen LogP contribution is 2.29. The molecule has 0 aromatic carbocycles. The van der Waals surface area contributed by atoms with Crippen LogP contribution in [-0.2, 0) is 13.5 Å². The van der Waals surface area contributed by atoms with Crippen LogP contribution in [0, 0.1) is 6.92 Å². The topological polar surface area (TPSA) is 46.5 Å². The van der Waals surface area contributed by atoms with E-state index in [0.717, 1.165) is 23.5 Å². The fourth-order valence-corrected chi connectivity index (χ4v) is 2.38. The highest BCUT2D eigenvalue weighted by Gasteiger charge is 2.12. The minimum atomic E-state index is 0.934. The third-order valence-electron chi connectivity index (χ3n) is 3.34. The molecule has 0 bridgehead atoms. The van der Waals surface area contributed by atoms with Gasteiger partial charge in [0.2, 0.25) is 0 Å². The van der Waals surface area contributed by atoms with Crippen molar-refractivity contribution >= 4 is 11.0 Å². The van der Waals surface area contributed by atoms with Gasteiger partial charge in [-0.3, -0.25) is 4.68 Å². The summed E-state index contributed by atoms with van der Waals surface area (Å²) in [6.45, 7) is 4.22. The first-order valence-corrected chi connectivity index (χ1v) is 6.16. The molecular weight excluding hydrogens is 224 g/mol. The molecule has 0 unspecified atom stereocenters. The zero-order valence-corrected chi connectivity index (χ0v) is 10.9. The van der Waals surface area contributed by atoms with Gasteiger partial charge in [-0.15, -0.1) is 0 Å². The summed E-state index contributed by atoms with van der Waals surface area (Å²) < 4.78 is 1.94. The third-order valence-corrected chi connectivity index (χ3v) is 3.34. The summed E-state index contributed by atoms with van der Waals surface area (Å²) >= 11 is 0. The van der Waals surface area contributed by atoms with Gasteiger partial charge in [0, 0.05) is 30.4 Å². The van der Waals surface area contributed by atoms with Gasteiger partial charge >= 0.3 is 0 Å². The number of H-pyrrole nitrogens is 1. The van der Waals surface area contributed by atoms with Crippen molar-refractivity contribution in [3.05, 3.63) is 35.8 Å². The molecule has 0 amide bonds. The van der Waals surface area contributed by atoms with Crippen molar-refractivity contribution in [1.82, 2.24) is 19.7 Å². The summed E-state index contributed by atoms with van der Waals surface area (Å²) in [6, 6.07) is 4.21. The molecule has 0 saturated heterocycles. The number of fused-ring (bicyclic) bond motifs is 1. The zero-order valence-electron chi connectivity index (χ0n) is 10.9. The number of hydrogen-bond donors (Lipinski definition) is 1. The van der Waals surface area contributed by atoms with Crippen molar-refractivity contribution in [3.8, 4) is 11.3 Å². The van der Waals surface area contributed by atoms with E-state index in [1.54, 1.807) is 0 Å². The Balaban J connectivity index is 2.30. The maximum atomic E-state index is 4.51. The second-order valence-electron chi connectivity index (χ2n) is 4.55. The quantitative estimate of drug-likeness (QED) is 0.748. The van der Waals surface area contributed by atoms with Gasteiger partial charge < -0.3 is 4.98 Å². The van der Waals surface area contributed by atoms with Crippen LogP contribution in [0.5, 0.6) is 0 Å². The van der Waals surface area contributed by atoms with Crippen molar-refractivity contribution in [2.45, 2.75) is 20.3 Å². The molecule has 0 saturated carbocycles. The first-order chi connectivity index (χ1) is 8.70. The van der Waals surface area contributed by atoms with Crippen molar-refractivity contribution < 1.29 is 0 Å². The summed E-state index contributed by atoms with van der Waals surface area (Å²) in [5, 5.41) is 5.70. The van der Waals surface area contributed by atoms with Crippen LogP contribution in [0.25, 0.3) is 22.3 Å². The van der Waals surface area contributed by atoms with Crippen LogP contribution in [0.4, 0.5) is 0 Å². The largest absolute Gasteiger partial charge is 0.346 e. The van der Waals surface area contributed by atoms with Crippen molar-refractivity contribution in [2.75, 3.05) is 0 Å². The number of nitrogens with zero attached hydrogens (tertiary/aromatic N) is 3. The summed E-state index contributed by atoms with van der Waals surface area (Å²) in [7, 11) is 1.99. The average molecular weight is 240 g/mol. The molecule has 0 radical (unpaired) electrons. The second-order valence-corrected chi connectivity index (χ2v) is 4.55. The van der Waals surface area contributed by atoms with E-state index < -0.39 is 0 Å². The van der Waals surface area contributed by atoms with Crippen molar-refractivity contribution in [1.29, 1.82) is 0 Å². The molecule has 4 heteroatoms. The average Bonchev–Trinajstić information content (AvgIpc) is 2.93. The normalized spacial score (nSPS) is 11.3. The van der Waals surface area contributed by atoms with E-state index in [9.17, 15) is 0 Å². The highest BCUT2D eigenvalue weighted by molar-refractivity contribution is 5.94.